The fourth-order valence-corrected chi connectivity index (χ4v) is 4.45. The Morgan fingerprint density at radius 1 is 1.25 bits per heavy atom. The first-order valence-electron chi connectivity index (χ1n) is 7.80. The molecule has 2 aliphatic heterocycles. The molecule has 124 valence electrons. The number of aromatic nitrogens is 2. The second-order valence-electron chi connectivity index (χ2n) is 6.05. The second kappa shape index (κ2) is 6.14. The summed E-state index contributed by atoms with van der Waals surface area (Å²) in [6, 6.07) is 5.05. The van der Waals surface area contributed by atoms with Crippen LogP contribution < -0.4 is 5.73 Å². The molecule has 3 heterocycles. The molecule has 2 atom stereocenters. The van der Waals surface area contributed by atoms with Crippen LogP contribution in [-0.4, -0.2) is 34.1 Å². The maximum absolute atomic E-state index is 14.8. The Bertz CT molecular complexity index is 785. The normalized spacial score (nSPS) is 26.5. The largest absolute Gasteiger partial charge is 0.379 e. The minimum atomic E-state index is -0.747. The zero-order chi connectivity index (χ0) is 16.6. The Balaban J connectivity index is 1.86. The summed E-state index contributed by atoms with van der Waals surface area (Å²) in [5.74, 6) is 0.756. The van der Waals surface area contributed by atoms with Gasteiger partial charge in [-0.1, -0.05) is 17.8 Å². The molecule has 24 heavy (non-hydrogen) atoms. The van der Waals surface area contributed by atoms with Gasteiger partial charge in [0, 0.05) is 41.8 Å². The van der Waals surface area contributed by atoms with E-state index in [0.717, 1.165) is 23.3 Å². The number of amidine groups is 1. The molecule has 1 saturated heterocycles. The Kier molecular flexibility index (Phi) is 3.97. The van der Waals surface area contributed by atoms with E-state index in [-0.39, 0.29) is 11.7 Å². The van der Waals surface area contributed by atoms with Crippen molar-refractivity contribution in [3.05, 3.63) is 48.3 Å². The standard InChI is InChI=1S/C17H17FN4OS/c18-15-2-1-11(12-6-20-10-21-7-12)5-14(15)17-9-23-4-3-13(17)8-24-16(19)22-17/h1-2,5-7,10,13H,3-4,8-9H2,(H2,19,22)/t13-,17-/m0/s1. The first-order valence-corrected chi connectivity index (χ1v) is 8.79. The fraction of sp³-hybridized carbons (Fsp3) is 0.353. The van der Waals surface area contributed by atoms with Crippen molar-refractivity contribution in [3.8, 4) is 11.1 Å². The number of aliphatic imine (C=N–C) groups is 1. The molecule has 2 N–H and O–H groups in total. The predicted octanol–water partition coefficient (Wildman–Crippen LogP) is 2.58. The minimum Gasteiger partial charge on any atom is -0.379 e. The van der Waals surface area contributed by atoms with Crippen LogP contribution >= 0.6 is 11.8 Å². The molecule has 0 spiro atoms. The first-order chi connectivity index (χ1) is 11.7. The number of ether oxygens (including phenoxy) is 1. The predicted molar refractivity (Wildman–Crippen MR) is 92.1 cm³/mol. The van der Waals surface area contributed by atoms with Gasteiger partial charge in [0.25, 0.3) is 0 Å². The number of benzene rings is 1. The molecule has 0 bridgehead atoms. The summed E-state index contributed by atoms with van der Waals surface area (Å²) in [6.07, 6.45) is 5.75. The third-order valence-electron chi connectivity index (χ3n) is 4.68. The first kappa shape index (κ1) is 15.5. The number of thioether (sulfide) groups is 1. The van der Waals surface area contributed by atoms with Crippen molar-refractivity contribution in [1.82, 2.24) is 9.97 Å². The summed E-state index contributed by atoms with van der Waals surface area (Å²) >= 11 is 1.53. The van der Waals surface area contributed by atoms with Crippen LogP contribution in [0.2, 0.25) is 0 Å². The molecule has 0 amide bonds. The molecule has 0 radical (unpaired) electrons. The van der Waals surface area contributed by atoms with Crippen LogP contribution in [0.4, 0.5) is 4.39 Å². The smallest absolute Gasteiger partial charge is 0.154 e. The summed E-state index contributed by atoms with van der Waals surface area (Å²) in [5, 5.41) is 0.490. The van der Waals surface area contributed by atoms with E-state index in [2.05, 4.69) is 15.0 Å². The van der Waals surface area contributed by atoms with Gasteiger partial charge >= 0.3 is 0 Å². The maximum Gasteiger partial charge on any atom is 0.154 e. The number of halogens is 1. The number of hydrogen-bond acceptors (Lipinski definition) is 6. The topological polar surface area (TPSA) is 73.4 Å². The van der Waals surface area contributed by atoms with Gasteiger partial charge in [0.1, 0.15) is 17.7 Å². The van der Waals surface area contributed by atoms with Crippen molar-refractivity contribution in [2.24, 2.45) is 16.6 Å². The van der Waals surface area contributed by atoms with Gasteiger partial charge in [0.05, 0.1) is 6.61 Å². The number of hydrogen-bond donors (Lipinski definition) is 1. The van der Waals surface area contributed by atoms with E-state index in [4.69, 9.17) is 10.5 Å². The highest BCUT2D eigenvalue weighted by Crippen LogP contribution is 2.45. The molecule has 0 saturated carbocycles. The molecule has 0 unspecified atom stereocenters. The molecule has 0 aliphatic carbocycles. The van der Waals surface area contributed by atoms with Crippen LogP contribution in [-0.2, 0) is 10.3 Å². The maximum atomic E-state index is 14.8. The summed E-state index contributed by atoms with van der Waals surface area (Å²) in [5.41, 5.74) is 7.47. The SMILES string of the molecule is NC1=N[C@@]2(c3cc(-c4cncnc4)ccc3F)COCC[C@H]2CS1. The van der Waals surface area contributed by atoms with Crippen molar-refractivity contribution in [2.75, 3.05) is 19.0 Å². The highest BCUT2D eigenvalue weighted by molar-refractivity contribution is 8.13. The van der Waals surface area contributed by atoms with Crippen molar-refractivity contribution in [1.29, 1.82) is 0 Å². The zero-order valence-electron chi connectivity index (χ0n) is 13.0. The third kappa shape index (κ3) is 2.57. The van der Waals surface area contributed by atoms with Crippen LogP contribution in [0.1, 0.15) is 12.0 Å². The van der Waals surface area contributed by atoms with E-state index >= 15 is 0 Å². The van der Waals surface area contributed by atoms with Gasteiger partial charge in [-0.05, 0) is 24.1 Å². The zero-order valence-corrected chi connectivity index (χ0v) is 13.8. The molecular formula is C17H17FN4OS. The van der Waals surface area contributed by atoms with Crippen LogP contribution in [0.15, 0.2) is 41.9 Å². The fourth-order valence-electron chi connectivity index (χ4n) is 3.41. The van der Waals surface area contributed by atoms with Crippen LogP contribution in [0.25, 0.3) is 11.1 Å². The molecule has 2 aliphatic rings. The molecule has 2 aromatic rings. The van der Waals surface area contributed by atoms with Gasteiger partial charge in [-0.15, -0.1) is 0 Å². The number of rotatable bonds is 2. The Labute approximate surface area is 143 Å². The van der Waals surface area contributed by atoms with Crippen molar-refractivity contribution in [3.63, 3.8) is 0 Å². The lowest BCUT2D eigenvalue weighted by atomic mass is 9.76. The van der Waals surface area contributed by atoms with E-state index in [1.165, 1.54) is 24.2 Å². The third-order valence-corrected chi connectivity index (χ3v) is 5.63. The van der Waals surface area contributed by atoms with Crippen LogP contribution in [0, 0.1) is 11.7 Å². The molecule has 4 rings (SSSR count). The number of fused-ring (bicyclic) bond motifs is 1. The Morgan fingerprint density at radius 3 is 2.92 bits per heavy atom. The lowest BCUT2D eigenvalue weighted by Gasteiger charge is -2.43. The Hall–Kier alpha value is -1.99. The average Bonchev–Trinajstić information content (AvgIpc) is 2.62. The summed E-state index contributed by atoms with van der Waals surface area (Å²) < 4.78 is 20.4. The van der Waals surface area contributed by atoms with Gasteiger partial charge in [-0.25, -0.2) is 19.4 Å². The highest BCUT2D eigenvalue weighted by Gasteiger charge is 2.47. The van der Waals surface area contributed by atoms with E-state index in [0.29, 0.717) is 23.9 Å². The second-order valence-corrected chi connectivity index (χ2v) is 7.09. The van der Waals surface area contributed by atoms with Crippen molar-refractivity contribution >= 4 is 16.9 Å². The molecule has 7 heteroatoms. The number of nitrogens with zero attached hydrogens (tertiary/aromatic N) is 3. The summed E-state index contributed by atoms with van der Waals surface area (Å²) in [4.78, 5) is 12.7. The Morgan fingerprint density at radius 2 is 2.08 bits per heavy atom. The molecule has 1 fully saturated rings. The highest BCUT2D eigenvalue weighted by atomic mass is 32.2. The lowest BCUT2D eigenvalue weighted by Crippen LogP contribution is -2.48. The van der Waals surface area contributed by atoms with Crippen LogP contribution in [0.3, 0.4) is 0 Å². The minimum absolute atomic E-state index is 0.209. The van der Waals surface area contributed by atoms with Gasteiger partial charge in [0.2, 0.25) is 0 Å². The van der Waals surface area contributed by atoms with E-state index in [9.17, 15) is 4.39 Å². The van der Waals surface area contributed by atoms with E-state index < -0.39 is 5.54 Å². The molecule has 5 nitrogen and oxygen atoms in total. The van der Waals surface area contributed by atoms with Crippen LogP contribution in [0.5, 0.6) is 0 Å². The van der Waals surface area contributed by atoms with Gasteiger partial charge in [-0.2, -0.15) is 0 Å². The molecule has 1 aromatic heterocycles. The van der Waals surface area contributed by atoms with E-state index in [1.807, 2.05) is 6.07 Å². The van der Waals surface area contributed by atoms with Crippen molar-refractivity contribution in [2.45, 2.75) is 12.0 Å². The van der Waals surface area contributed by atoms with Gasteiger partial charge in [0.15, 0.2) is 5.17 Å². The van der Waals surface area contributed by atoms with Gasteiger partial charge < -0.3 is 10.5 Å². The quantitative estimate of drug-likeness (QED) is 0.906. The van der Waals surface area contributed by atoms with Gasteiger partial charge in [-0.3, -0.25) is 0 Å². The molecular weight excluding hydrogens is 327 g/mol. The van der Waals surface area contributed by atoms with Crippen molar-refractivity contribution < 1.29 is 9.13 Å². The average molecular weight is 344 g/mol. The monoisotopic (exact) mass is 344 g/mol. The summed E-state index contributed by atoms with van der Waals surface area (Å²) in [6.45, 7) is 1.03. The summed E-state index contributed by atoms with van der Waals surface area (Å²) in [7, 11) is 0. The lowest BCUT2D eigenvalue weighted by molar-refractivity contribution is 0.00303. The number of nitrogens with two attached hydrogens (primary N) is 1. The molecule has 1 aromatic carbocycles. The van der Waals surface area contributed by atoms with E-state index in [1.54, 1.807) is 18.5 Å².